The van der Waals surface area contributed by atoms with Crippen molar-refractivity contribution >= 4 is 11.6 Å². The van der Waals surface area contributed by atoms with Gasteiger partial charge in [0.25, 0.3) is 0 Å². The summed E-state index contributed by atoms with van der Waals surface area (Å²) in [7, 11) is 0. The van der Waals surface area contributed by atoms with E-state index in [0.29, 0.717) is 11.1 Å². The van der Waals surface area contributed by atoms with Crippen LogP contribution in [-0.4, -0.2) is 21.8 Å². The van der Waals surface area contributed by atoms with E-state index in [1.165, 1.54) is 32.0 Å². The van der Waals surface area contributed by atoms with Gasteiger partial charge in [-0.15, -0.1) is 0 Å². The zero-order valence-corrected chi connectivity index (χ0v) is 11.3. The van der Waals surface area contributed by atoms with Gasteiger partial charge in [0.15, 0.2) is 11.6 Å². The zero-order valence-electron chi connectivity index (χ0n) is 11.3. The number of hydrogen-bond acceptors (Lipinski definition) is 4. The van der Waals surface area contributed by atoms with Crippen molar-refractivity contribution in [3.63, 3.8) is 0 Å². The molecule has 0 aromatic heterocycles. The maximum absolute atomic E-state index is 10.7. The first-order valence-corrected chi connectivity index (χ1v) is 6.00. The molecule has 0 radical (unpaired) electrons. The van der Waals surface area contributed by atoms with Crippen molar-refractivity contribution in [2.45, 2.75) is 13.8 Å². The number of ketones is 2. The van der Waals surface area contributed by atoms with Crippen LogP contribution in [0.5, 0.6) is 11.5 Å². The third-order valence-electron chi connectivity index (χ3n) is 2.56. The second kappa shape index (κ2) is 7.09. The van der Waals surface area contributed by atoms with Gasteiger partial charge in [-0.05, 0) is 50.2 Å². The zero-order chi connectivity index (χ0) is 15.1. The Morgan fingerprint density at radius 2 is 1.35 bits per heavy atom. The van der Waals surface area contributed by atoms with E-state index in [1.54, 1.807) is 30.3 Å². The molecule has 0 atom stereocenters. The number of hydrogen-bond donors (Lipinski definition) is 2. The molecule has 2 aromatic carbocycles. The van der Waals surface area contributed by atoms with Gasteiger partial charge in [0.2, 0.25) is 0 Å². The third-order valence-corrected chi connectivity index (χ3v) is 2.56. The molecule has 0 spiro atoms. The maximum atomic E-state index is 10.7. The summed E-state index contributed by atoms with van der Waals surface area (Å²) in [4.78, 5) is 21.4. The SMILES string of the molecule is CC(=O)c1ccc(O)cc1.CC(=O)c1ccccc1O. The molecule has 0 aliphatic carbocycles. The van der Waals surface area contributed by atoms with Crippen molar-refractivity contribution in [3.05, 3.63) is 59.7 Å². The first kappa shape index (κ1) is 15.4. The number of aromatic hydroxyl groups is 2. The quantitative estimate of drug-likeness (QED) is 0.823. The average Bonchev–Trinajstić information content (AvgIpc) is 2.40. The lowest BCUT2D eigenvalue weighted by Gasteiger charge is -1.96. The fourth-order valence-electron chi connectivity index (χ4n) is 1.47. The molecule has 20 heavy (non-hydrogen) atoms. The normalized spacial score (nSPS) is 9.30. The number of rotatable bonds is 2. The maximum Gasteiger partial charge on any atom is 0.163 e. The lowest BCUT2D eigenvalue weighted by atomic mass is 10.1. The van der Waals surface area contributed by atoms with E-state index in [-0.39, 0.29) is 23.1 Å². The van der Waals surface area contributed by atoms with Crippen LogP contribution in [0.25, 0.3) is 0 Å². The van der Waals surface area contributed by atoms with Gasteiger partial charge in [0, 0.05) is 5.56 Å². The molecule has 2 aromatic rings. The van der Waals surface area contributed by atoms with Gasteiger partial charge < -0.3 is 10.2 Å². The molecule has 2 N–H and O–H groups in total. The molecule has 0 saturated heterocycles. The average molecular weight is 272 g/mol. The summed E-state index contributed by atoms with van der Waals surface area (Å²) >= 11 is 0. The van der Waals surface area contributed by atoms with Crippen molar-refractivity contribution in [2.75, 3.05) is 0 Å². The summed E-state index contributed by atoms with van der Waals surface area (Å²) in [5.41, 5.74) is 1.00. The summed E-state index contributed by atoms with van der Waals surface area (Å²) in [6.07, 6.45) is 0. The van der Waals surface area contributed by atoms with E-state index < -0.39 is 0 Å². The van der Waals surface area contributed by atoms with Crippen molar-refractivity contribution in [3.8, 4) is 11.5 Å². The van der Waals surface area contributed by atoms with Crippen LogP contribution in [0.3, 0.4) is 0 Å². The minimum Gasteiger partial charge on any atom is -0.508 e. The van der Waals surface area contributed by atoms with Gasteiger partial charge in [-0.25, -0.2) is 0 Å². The Hall–Kier alpha value is -2.62. The predicted octanol–water partition coefficient (Wildman–Crippen LogP) is 3.19. The van der Waals surface area contributed by atoms with Crippen molar-refractivity contribution in [2.24, 2.45) is 0 Å². The highest BCUT2D eigenvalue weighted by Gasteiger charge is 2.02. The van der Waals surface area contributed by atoms with Crippen molar-refractivity contribution < 1.29 is 19.8 Å². The van der Waals surface area contributed by atoms with Crippen LogP contribution in [-0.2, 0) is 0 Å². The van der Waals surface area contributed by atoms with Gasteiger partial charge in [0.05, 0.1) is 5.56 Å². The van der Waals surface area contributed by atoms with Gasteiger partial charge in [0.1, 0.15) is 11.5 Å². The highest BCUT2D eigenvalue weighted by atomic mass is 16.3. The number of benzene rings is 2. The molecule has 0 aliphatic heterocycles. The molecule has 0 aliphatic rings. The van der Waals surface area contributed by atoms with E-state index in [0.717, 1.165) is 0 Å². The number of phenols is 2. The van der Waals surface area contributed by atoms with E-state index in [1.807, 2.05) is 0 Å². The van der Waals surface area contributed by atoms with Crippen molar-refractivity contribution in [1.82, 2.24) is 0 Å². The van der Waals surface area contributed by atoms with Gasteiger partial charge >= 0.3 is 0 Å². The predicted molar refractivity (Wildman–Crippen MR) is 76.2 cm³/mol. The number of Topliss-reactive ketones (excluding diaryl/α,β-unsaturated/α-hetero) is 2. The van der Waals surface area contributed by atoms with Crippen LogP contribution < -0.4 is 0 Å². The monoisotopic (exact) mass is 272 g/mol. The summed E-state index contributed by atoms with van der Waals surface area (Å²) in [6.45, 7) is 2.92. The largest absolute Gasteiger partial charge is 0.508 e. The summed E-state index contributed by atoms with van der Waals surface area (Å²) in [5, 5.41) is 17.9. The molecule has 2 rings (SSSR count). The first-order valence-electron chi connectivity index (χ1n) is 6.00. The second-order valence-corrected chi connectivity index (χ2v) is 4.18. The van der Waals surface area contributed by atoms with E-state index >= 15 is 0 Å². The Bertz CT molecular complexity index is 600. The molecular formula is C16H16O4. The lowest BCUT2D eigenvalue weighted by molar-refractivity contribution is 0.100. The molecule has 0 fully saturated rings. The highest BCUT2D eigenvalue weighted by Crippen LogP contribution is 2.15. The number of carbonyl (C=O) groups is 2. The Labute approximate surface area is 117 Å². The standard InChI is InChI=1S/2C8H8O2/c1-6(9)7-2-4-8(10)5-3-7;1-6(9)7-4-2-3-5-8(7)10/h2*2-5,10H,1H3. The second-order valence-electron chi connectivity index (χ2n) is 4.18. The summed E-state index contributed by atoms with van der Waals surface area (Å²) in [6, 6.07) is 12.7. The first-order chi connectivity index (χ1) is 9.41. The summed E-state index contributed by atoms with van der Waals surface area (Å²) in [5.74, 6) is 0.137. The third kappa shape index (κ3) is 4.57. The molecule has 0 saturated carbocycles. The topological polar surface area (TPSA) is 74.6 Å². The Kier molecular flexibility index (Phi) is 5.47. The molecule has 0 amide bonds. The van der Waals surface area contributed by atoms with Gasteiger partial charge in [-0.3, -0.25) is 9.59 Å². The van der Waals surface area contributed by atoms with Crippen LogP contribution in [0, 0.1) is 0 Å². The minimum absolute atomic E-state index is 0.0139. The Morgan fingerprint density at radius 1 is 0.800 bits per heavy atom. The fraction of sp³-hybridized carbons (Fsp3) is 0.125. The van der Waals surface area contributed by atoms with Gasteiger partial charge in [-0.1, -0.05) is 12.1 Å². The number of phenolic OH excluding ortho intramolecular Hbond substituents is 2. The number of para-hydroxylation sites is 1. The minimum atomic E-state index is -0.113. The van der Waals surface area contributed by atoms with Crippen LogP contribution in [0.4, 0.5) is 0 Å². The summed E-state index contributed by atoms with van der Waals surface area (Å²) < 4.78 is 0. The lowest BCUT2D eigenvalue weighted by Crippen LogP contribution is -1.90. The fourth-order valence-corrected chi connectivity index (χ4v) is 1.47. The van der Waals surface area contributed by atoms with Gasteiger partial charge in [-0.2, -0.15) is 0 Å². The van der Waals surface area contributed by atoms with Crippen LogP contribution in [0.15, 0.2) is 48.5 Å². The van der Waals surface area contributed by atoms with Crippen LogP contribution in [0.2, 0.25) is 0 Å². The molecule has 4 nitrogen and oxygen atoms in total. The molecule has 104 valence electrons. The molecule has 0 unspecified atom stereocenters. The highest BCUT2D eigenvalue weighted by molar-refractivity contribution is 5.96. The number of carbonyl (C=O) groups excluding carboxylic acids is 2. The van der Waals surface area contributed by atoms with E-state index in [4.69, 9.17) is 10.2 Å². The molecular weight excluding hydrogens is 256 g/mol. The van der Waals surface area contributed by atoms with E-state index in [9.17, 15) is 9.59 Å². The van der Waals surface area contributed by atoms with E-state index in [2.05, 4.69) is 0 Å². The smallest absolute Gasteiger partial charge is 0.163 e. The molecule has 0 bridgehead atoms. The Balaban J connectivity index is 0.000000200. The van der Waals surface area contributed by atoms with Crippen LogP contribution in [0.1, 0.15) is 34.6 Å². The van der Waals surface area contributed by atoms with Crippen molar-refractivity contribution in [1.29, 1.82) is 0 Å². The molecule has 0 heterocycles. The molecule has 4 heteroatoms. The Morgan fingerprint density at radius 3 is 1.75 bits per heavy atom. The van der Waals surface area contributed by atoms with Crippen LogP contribution >= 0.6 is 0 Å².